The predicted octanol–water partition coefficient (Wildman–Crippen LogP) is 0.572. The highest BCUT2D eigenvalue weighted by Gasteiger charge is 2.46. The minimum absolute atomic E-state index is 0.00622. The molecule has 0 aromatic heterocycles. The number of allylic oxidation sites excluding steroid dienone is 1. The van der Waals surface area contributed by atoms with E-state index in [-0.39, 0.29) is 12.2 Å². The van der Waals surface area contributed by atoms with Crippen LogP contribution in [-0.4, -0.2) is 39.4 Å². The molecule has 0 aromatic carbocycles. The Bertz CT molecular complexity index is 368. The summed E-state index contributed by atoms with van der Waals surface area (Å²) >= 11 is 0. The largest absolute Gasteiger partial charge is 0.393 e. The van der Waals surface area contributed by atoms with Crippen LogP contribution < -0.4 is 0 Å². The summed E-state index contributed by atoms with van der Waals surface area (Å²) < 4.78 is 0. The molecule has 96 valence electrons. The lowest BCUT2D eigenvalue weighted by molar-refractivity contribution is -0.121. The molecule has 3 N–H and O–H groups in total. The fourth-order valence-corrected chi connectivity index (χ4v) is 2.17. The molecule has 0 aliphatic heterocycles. The van der Waals surface area contributed by atoms with Crippen LogP contribution in [0.25, 0.3) is 0 Å². The van der Waals surface area contributed by atoms with E-state index in [4.69, 9.17) is 5.11 Å². The Morgan fingerprint density at radius 2 is 2.12 bits per heavy atom. The topological polar surface area (TPSA) is 77.8 Å². The monoisotopic (exact) mass is 240 g/mol. The van der Waals surface area contributed by atoms with Crippen LogP contribution in [0.1, 0.15) is 27.2 Å². The Morgan fingerprint density at radius 3 is 2.59 bits per heavy atom. The molecule has 0 aromatic rings. The third-order valence-corrected chi connectivity index (χ3v) is 3.37. The summed E-state index contributed by atoms with van der Waals surface area (Å²) in [5, 5.41) is 28.6. The number of carbonyl (C=O) groups excluding carboxylic acids is 1. The van der Waals surface area contributed by atoms with Gasteiger partial charge in [-0.25, -0.2) is 0 Å². The average Bonchev–Trinajstić information content (AvgIpc) is 2.22. The van der Waals surface area contributed by atoms with E-state index < -0.39 is 23.7 Å². The van der Waals surface area contributed by atoms with Gasteiger partial charge in [-0.05, 0) is 24.6 Å². The Morgan fingerprint density at radius 1 is 1.53 bits per heavy atom. The molecule has 2 atom stereocenters. The van der Waals surface area contributed by atoms with Crippen LogP contribution in [0.4, 0.5) is 0 Å². The Kier molecular flexibility index (Phi) is 3.91. The quantitative estimate of drug-likeness (QED) is 0.630. The first-order valence-electron chi connectivity index (χ1n) is 5.65. The van der Waals surface area contributed by atoms with E-state index in [1.54, 1.807) is 20.8 Å². The van der Waals surface area contributed by atoms with Gasteiger partial charge in [-0.1, -0.05) is 19.9 Å². The molecule has 0 saturated heterocycles. The van der Waals surface area contributed by atoms with Gasteiger partial charge >= 0.3 is 0 Å². The second kappa shape index (κ2) is 4.72. The van der Waals surface area contributed by atoms with Crippen LogP contribution in [0.3, 0.4) is 0 Å². The molecule has 1 rings (SSSR count). The van der Waals surface area contributed by atoms with Gasteiger partial charge in [0.1, 0.15) is 5.60 Å². The Labute approximate surface area is 101 Å². The fourth-order valence-electron chi connectivity index (χ4n) is 2.17. The molecular weight excluding hydrogens is 220 g/mol. The highest BCUT2D eigenvalue weighted by Crippen LogP contribution is 2.44. The molecule has 0 spiro atoms. The minimum atomic E-state index is -1.27. The van der Waals surface area contributed by atoms with Crippen molar-refractivity contribution in [1.29, 1.82) is 0 Å². The molecule has 0 saturated carbocycles. The number of ketones is 1. The number of carbonyl (C=O) groups is 1. The zero-order chi connectivity index (χ0) is 13.3. The second-order valence-electron chi connectivity index (χ2n) is 5.23. The van der Waals surface area contributed by atoms with Gasteiger partial charge in [0.25, 0.3) is 0 Å². The maximum Gasteiger partial charge on any atom is 0.156 e. The van der Waals surface area contributed by atoms with Crippen LogP contribution in [0.15, 0.2) is 23.8 Å². The Hall–Kier alpha value is -0.970. The van der Waals surface area contributed by atoms with Gasteiger partial charge in [-0.15, -0.1) is 0 Å². The van der Waals surface area contributed by atoms with Gasteiger partial charge in [-0.3, -0.25) is 4.79 Å². The second-order valence-corrected chi connectivity index (χ2v) is 5.23. The van der Waals surface area contributed by atoms with Gasteiger partial charge < -0.3 is 15.3 Å². The number of rotatable bonds is 3. The lowest BCUT2D eigenvalue weighted by Crippen LogP contribution is -2.48. The predicted molar refractivity (Wildman–Crippen MR) is 64.3 cm³/mol. The van der Waals surface area contributed by atoms with E-state index >= 15 is 0 Å². The fraction of sp³-hybridized carbons (Fsp3) is 0.615. The van der Waals surface area contributed by atoms with Crippen LogP contribution in [-0.2, 0) is 4.79 Å². The maximum atomic E-state index is 11.5. The van der Waals surface area contributed by atoms with E-state index in [0.717, 1.165) is 0 Å². The number of hydrogen-bond donors (Lipinski definition) is 3. The molecular formula is C13H20O4. The smallest absolute Gasteiger partial charge is 0.156 e. The molecule has 0 fully saturated rings. The standard InChI is InChI=1S/C13H20O4/c1-9-6-11(16)7-12(2,3)13(9,17)5-4-10(15)8-14/h4-6,10,14-15,17H,7-8H2,1-3H3/t10-,13+/m0/s1. The zero-order valence-electron chi connectivity index (χ0n) is 10.5. The number of aliphatic hydroxyl groups is 3. The van der Waals surface area contributed by atoms with Crippen LogP contribution in [0.5, 0.6) is 0 Å². The summed E-state index contributed by atoms with van der Waals surface area (Å²) in [5.41, 5.74) is -1.34. The molecule has 0 amide bonds. The molecule has 0 unspecified atom stereocenters. The SMILES string of the molecule is CC1=CC(=O)CC(C)(C)[C@@]1(O)C=C[C@H](O)CO. The normalized spacial score (nSPS) is 30.5. The van der Waals surface area contributed by atoms with Crippen molar-refractivity contribution in [3.8, 4) is 0 Å². The minimum Gasteiger partial charge on any atom is -0.393 e. The third kappa shape index (κ3) is 2.65. The molecule has 1 aliphatic rings. The van der Waals surface area contributed by atoms with Crippen molar-refractivity contribution in [1.82, 2.24) is 0 Å². The molecule has 0 bridgehead atoms. The molecule has 0 heterocycles. The highest BCUT2D eigenvalue weighted by molar-refractivity contribution is 5.92. The first-order valence-corrected chi connectivity index (χ1v) is 5.65. The van der Waals surface area contributed by atoms with Crippen LogP contribution in [0.2, 0.25) is 0 Å². The lowest BCUT2D eigenvalue weighted by atomic mass is 9.64. The van der Waals surface area contributed by atoms with Crippen molar-refractivity contribution in [2.75, 3.05) is 6.61 Å². The molecule has 4 nitrogen and oxygen atoms in total. The van der Waals surface area contributed by atoms with Crippen molar-refractivity contribution in [2.45, 2.75) is 38.9 Å². The average molecular weight is 240 g/mol. The summed E-state index contributed by atoms with van der Waals surface area (Å²) in [5.74, 6) is -0.00622. The summed E-state index contributed by atoms with van der Waals surface area (Å²) in [6.07, 6.45) is 3.50. The highest BCUT2D eigenvalue weighted by atomic mass is 16.3. The van der Waals surface area contributed by atoms with Gasteiger partial charge in [0.2, 0.25) is 0 Å². The van der Waals surface area contributed by atoms with E-state index in [1.807, 2.05) is 0 Å². The molecule has 4 heteroatoms. The van der Waals surface area contributed by atoms with E-state index in [1.165, 1.54) is 18.2 Å². The first-order chi connectivity index (χ1) is 7.73. The lowest BCUT2D eigenvalue weighted by Gasteiger charge is -2.44. The summed E-state index contributed by atoms with van der Waals surface area (Å²) in [4.78, 5) is 11.5. The number of aliphatic hydroxyl groups excluding tert-OH is 2. The summed E-state index contributed by atoms with van der Waals surface area (Å²) in [6.45, 7) is 4.90. The van der Waals surface area contributed by atoms with Crippen LogP contribution in [0, 0.1) is 5.41 Å². The van der Waals surface area contributed by atoms with Crippen molar-refractivity contribution < 1.29 is 20.1 Å². The zero-order valence-corrected chi connectivity index (χ0v) is 10.5. The number of hydrogen-bond acceptors (Lipinski definition) is 4. The van der Waals surface area contributed by atoms with E-state index in [2.05, 4.69) is 0 Å². The molecule has 1 aliphatic carbocycles. The van der Waals surface area contributed by atoms with Gasteiger partial charge in [0.05, 0.1) is 12.7 Å². The first kappa shape index (κ1) is 14.1. The third-order valence-electron chi connectivity index (χ3n) is 3.37. The molecule has 17 heavy (non-hydrogen) atoms. The Balaban J connectivity index is 3.10. The van der Waals surface area contributed by atoms with Crippen molar-refractivity contribution in [2.24, 2.45) is 5.41 Å². The maximum absolute atomic E-state index is 11.5. The van der Waals surface area contributed by atoms with Crippen molar-refractivity contribution in [3.63, 3.8) is 0 Å². The van der Waals surface area contributed by atoms with Gasteiger partial charge in [-0.2, -0.15) is 0 Å². The van der Waals surface area contributed by atoms with Gasteiger partial charge in [0, 0.05) is 11.8 Å². The van der Waals surface area contributed by atoms with Crippen molar-refractivity contribution in [3.05, 3.63) is 23.8 Å². The van der Waals surface area contributed by atoms with E-state index in [9.17, 15) is 15.0 Å². The summed E-state index contributed by atoms with van der Waals surface area (Å²) in [6, 6.07) is 0. The summed E-state index contributed by atoms with van der Waals surface area (Å²) in [7, 11) is 0. The van der Waals surface area contributed by atoms with Gasteiger partial charge in [0.15, 0.2) is 5.78 Å². The van der Waals surface area contributed by atoms with Crippen molar-refractivity contribution >= 4 is 5.78 Å². The van der Waals surface area contributed by atoms with E-state index in [0.29, 0.717) is 5.57 Å². The molecule has 0 radical (unpaired) electrons. The van der Waals surface area contributed by atoms with Crippen LogP contribution >= 0.6 is 0 Å².